The van der Waals surface area contributed by atoms with E-state index < -0.39 is 0 Å². The van der Waals surface area contributed by atoms with Crippen molar-refractivity contribution in [1.82, 2.24) is 0 Å². The van der Waals surface area contributed by atoms with Crippen LogP contribution in [0.3, 0.4) is 0 Å². The lowest BCUT2D eigenvalue weighted by Gasteiger charge is -1.99. The topological polar surface area (TPSA) is 47.6 Å². The highest BCUT2D eigenvalue weighted by Crippen LogP contribution is 2.25. The van der Waals surface area contributed by atoms with Gasteiger partial charge in [0.2, 0.25) is 0 Å². The van der Waals surface area contributed by atoms with Gasteiger partial charge < -0.3 is 0 Å². The van der Waals surface area contributed by atoms with Crippen LogP contribution in [0, 0.1) is 22.7 Å². The molecule has 0 aliphatic carbocycles. The van der Waals surface area contributed by atoms with Crippen LogP contribution in [0.1, 0.15) is 18.2 Å². The Balaban J connectivity index is 3.21. The number of hydrogen-bond acceptors (Lipinski definition) is 3. The van der Waals surface area contributed by atoms with Gasteiger partial charge in [0, 0.05) is 4.88 Å². The Morgan fingerprint density at radius 3 is 2.54 bits per heavy atom. The van der Waals surface area contributed by atoms with Crippen molar-refractivity contribution in [2.75, 3.05) is 0 Å². The zero-order valence-corrected chi connectivity index (χ0v) is 8.06. The lowest BCUT2D eigenvalue weighted by atomic mass is 10.1. The second-order valence-corrected chi connectivity index (χ2v) is 3.36. The van der Waals surface area contributed by atoms with Crippen LogP contribution in [-0.4, -0.2) is 0 Å². The maximum absolute atomic E-state index is 8.70. The molecule has 0 unspecified atom stereocenters. The summed E-state index contributed by atoms with van der Waals surface area (Å²) in [5.41, 5.74) is 1.07. The summed E-state index contributed by atoms with van der Waals surface area (Å²) in [5.74, 6) is 0. The van der Waals surface area contributed by atoms with E-state index in [9.17, 15) is 0 Å². The maximum atomic E-state index is 8.70. The Hall–Kier alpha value is -1.58. The van der Waals surface area contributed by atoms with Gasteiger partial charge in [-0.25, -0.2) is 0 Å². The van der Waals surface area contributed by atoms with Crippen LogP contribution in [-0.2, 0) is 0 Å². The van der Waals surface area contributed by atoms with Gasteiger partial charge in [0.05, 0.1) is 0 Å². The van der Waals surface area contributed by atoms with Crippen molar-refractivity contribution < 1.29 is 0 Å². The fraction of sp³-hybridized carbons (Fsp3) is 0.200. The van der Waals surface area contributed by atoms with Crippen LogP contribution in [0.5, 0.6) is 0 Å². The van der Waals surface area contributed by atoms with Crippen molar-refractivity contribution in [3.05, 3.63) is 28.0 Å². The molecule has 1 aromatic heterocycles. The van der Waals surface area contributed by atoms with E-state index in [2.05, 4.69) is 0 Å². The SMILES string of the molecule is CCC(=C(C#N)C#N)c1cccs1. The van der Waals surface area contributed by atoms with Crippen molar-refractivity contribution in [3.63, 3.8) is 0 Å². The summed E-state index contributed by atoms with van der Waals surface area (Å²) in [6.07, 6.45) is 0.719. The molecule has 0 saturated heterocycles. The van der Waals surface area contributed by atoms with Crippen LogP contribution < -0.4 is 0 Å². The van der Waals surface area contributed by atoms with Gasteiger partial charge in [-0.3, -0.25) is 0 Å². The first-order valence-electron chi connectivity index (χ1n) is 3.90. The van der Waals surface area contributed by atoms with E-state index in [1.54, 1.807) is 11.3 Å². The molecule has 0 saturated carbocycles. The van der Waals surface area contributed by atoms with Gasteiger partial charge in [0.1, 0.15) is 17.7 Å². The average molecular weight is 188 g/mol. The Kier molecular flexibility index (Phi) is 3.25. The van der Waals surface area contributed by atoms with E-state index in [1.807, 2.05) is 36.6 Å². The minimum absolute atomic E-state index is 0.227. The van der Waals surface area contributed by atoms with E-state index in [4.69, 9.17) is 10.5 Å². The molecule has 3 heteroatoms. The summed E-state index contributed by atoms with van der Waals surface area (Å²) < 4.78 is 0. The van der Waals surface area contributed by atoms with Crippen molar-refractivity contribution >= 4 is 16.9 Å². The van der Waals surface area contributed by atoms with E-state index in [-0.39, 0.29) is 5.57 Å². The Morgan fingerprint density at radius 2 is 2.15 bits per heavy atom. The molecule has 0 fully saturated rings. The van der Waals surface area contributed by atoms with Gasteiger partial charge >= 0.3 is 0 Å². The van der Waals surface area contributed by atoms with Crippen molar-refractivity contribution in [3.8, 4) is 12.1 Å². The maximum Gasteiger partial charge on any atom is 0.134 e. The van der Waals surface area contributed by atoms with E-state index in [0.29, 0.717) is 0 Å². The lowest BCUT2D eigenvalue weighted by Crippen LogP contribution is -1.83. The normalized spacial score (nSPS) is 8.54. The molecule has 0 atom stereocenters. The molecule has 0 aromatic carbocycles. The molecule has 0 amide bonds. The molecule has 0 radical (unpaired) electrons. The number of nitrogens with zero attached hydrogens (tertiary/aromatic N) is 2. The summed E-state index contributed by atoms with van der Waals surface area (Å²) in [7, 11) is 0. The van der Waals surface area contributed by atoms with Crippen molar-refractivity contribution in [2.45, 2.75) is 13.3 Å². The third-order valence-electron chi connectivity index (χ3n) is 1.70. The molecule has 0 bridgehead atoms. The molecule has 0 spiro atoms. The predicted molar refractivity (Wildman–Crippen MR) is 52.8 cm³/mol. The number of nitriles is 2. The molecular weight excluding hydrogens is 180 g/mol. The molecule has 13 heavy (non-hydrogen) atoms. The first-order chi connectivity index (χ1) is 6.33. The quantitative estimate of drug-likeness (QED) is 0.670. The molecule has 1 aromatic rings. The number of allylic oxidation sites excluding steroid dienone is 2. The minimum atomic E-state index is 0.227. The average Bonchev–Trinajstić information content (AvgIpc) is 2.66. The summed E-state index contributed by atoms with van der Waals surface area (Å²) in [6.45, 7) is 1.95. The molecule has 0 aliphatic heterocycles. The largest absolute Gasteiger partial charge is 0.192 e. The molecule has 64 valence electrons. The number of hydrogen-bond donors (Lipinski definition) is 0. The molecule has 1 rings (SSSR count). The van der Waals surface area contributed by atoms with Crippen LogP contribution in [0.25, 0.3) is 5.57 Å². The third kappa shape index (κ3) is 1.96. The molecular formula is C10H8N2S. The second kappa shape index (κ2) is 4.45. The van der Waals surface area contributed by atoms with Crippen LogP contribution >= 0.6 is 11.3 Å². The number of thiophene rings is 1. The highest BCUT2D eigenvalue weighted by atomic mass is 32.1. The zero-order chi connectivity index (χ0) is 9.68. The van der Waals surface area contributed by atoms with E-state index in [0.717, 1.165) is 16.9 Å². The molecule has 0 aliphatic rings. The van der Waals surface area contributed by atoms with Gasteiger partial charge in [-0.15, -0.1) is 11.3 Å². The first kappa shape index (κ1) is 9.51. The summed E-state index contributed by atoms with van der Waals surface area (Å²) in [6, 6.07) is 7.68. The number of rotatable bonds is 2. The zero-order valence-electron chi connectivity index (χ0n) is 7.24. The highest BCUT2D eigenvalue weighted by Gasteiger charge is 2.07. The molecule has 2 nitrogen and oxygen atoms in total. The fourth-order valence-corrected chi connectivity index (χ4v) is 1.93. The van der Waals surface area contributed by atoms with Gasteiger partial charge in [0.25, 0.3) is 0 Å². The Morgan fingerprint density at radius 1 is 1.46 bits per heavy atom. The van der Waals surface area contributed by atoms with Crippen molar-refractivity contribution in [2.24, 2.45) is 0 Å². The fourth-order valence-electron chi connectivity index (χ4n) is 1.08. The van der Waals surface area contributed by atoms with Crippen LogP contribution in [0.15, 0.2) is 23.1 Å². The summed E-state index contributed by atoms with van der Waals surface area (Å²) in [5, 5.41) is 19.3. The lowest BCUT2D eigenvalue weighted by molar-refractivity contribution is 1.24. The molecule has 0 N–H and O–H groups in total. The Bertz CT molecular complexity index is 372. The smallest absolute Gasteiger partial charge is 0.134 e. The van der Waals surface area contributed by atoms with Gasteiger partial charge in [-0.05, 0) is 23.4 Å². The van der Waals surface area contributed by atoms with Gasteiger partial charge in [-0.1, -0.05) is 13.0 Å². The second-order valence-electron chi connectivity index (χ2n) is 2.41. The predicted octanol–water partition coefficient (Wildman–Crippen LogP) is 2.96. The highest BCUT2D eigenvalue weighted by molar-refractivity contribution is 7.11. The minimum Gasteiger partial charge on any atom is -0.192 e. The summed E-state index contributed by atoms with van der Waals surface area (Å²) in [4.78, 5) is 1.01. The van der Waals surface area contributed by atoms with E-state index in [1.165, 1.54) is 0 Å². The Labute approximate surface area is 81.4 Å². The standard InChI is InChI=1S/C10H8N2S/c1-2-9(8(6-11)7-12)10-4-3-5-13-10/h3-5H,2H2,1H3. The monoisotopic (exact) mass is 188 g/mol. The molecule has 1 heterocycles. The van der Waals surface area contributed by atoms with Gasteiger partial charge in [-0.2, -0.15) is 10.5 Å². The summed E-state index contributed by atoms with van der Waals surface area (Å²) >= 11 is 1.55. The van der Waals surface area contributed by atoms with E-state index >= 15 is 0 Å². The van der Waals surface area contributed by atoms with Crippen LogP contribution in [0.4, 0.5) is 0 Å². The third-order valence-corrected chi connectivity index (χ3v) is 2.63. The van der Waals surface area contributed by atoms with Crippen LogP contribution in [0.2, 0.25) is 0 Å². The first-order valence-corrected chi connectivity index (χ1v) is 4.78. The van der Waals surface area contributed by atoms with Gasteiger partial charge in [0.15, 0.2) is 0 Å². The van der Waals surface area contributed by atoms with Crippen molar-refractivity contribution in [1.29, 1.82) is 10.5 Å².